The monoisotopic (exact) mass is 302 g/mol. The Kier molecular flexibility index (Phi) is 4.08. The van der Waals surface area contributed by atoms with Gasteiger partial charge >= 0.3 is 0 Å². The average Bonchev–Trinajstić information content (AvgIpc) is 2.47. The van der Waals surface area contributed by atoms with Crippen molar-refractivity contribution >= 4 is 28.2 Å². The van der Waals surface area contributed by atoms with Gasteiger partial charge in [-0.15, -0.1) is 0 Å². The van der Waals surface area contributed by atoms with Crippen LogP contribution in [-0.4, -0.2) is 16.0 Å². The van der Waals surface area contributed by atoms with Crippen LogP contribution >= 0.6 is 11.6 Å². The Morgan fingerprint density at radius 2 is 1.86 bits per heavy atom. The van der Waals surface area contributed by atoms with Crippen molar-refractivity contribution in [2.45, 2.75) is 31.7 Å². The van der Waals surface area contributed by atoms with Gasteiger partial charge < -0.3 is 11.1 Å². The van der Waals surface area contributed by atoms with Gasteiger partial charge in [0.1, 0.15) is 11.0 Å². The van der Waals surface area contributed by atoms with Gasteiger partial charge in [-0.05, 0) is 49.1 Å². The molecule has 0 bridgehead atoms. The first-order valence-electron chi connectivity index (χ1n) is 7.24. The number of anilines is 1. The molecule has 2 heterocycles. The van der Waals surface area contributed by atoms with Gasteiger partial charge in [-0.25, -0.2) is 9.97 Å². The summed E-state index contributed by atoms with van der Waals surface area (Å²) in [7, 11) is 0. The molecule has 0 atom stereocenters. The number of hydrogen-bond acceptors (Lipinski definition) is 4. The second kappa shape index (κ2) is 6.00. The standard InChI is InChI=1S/C16H19ClN4/c1-10(11-2-4-14(18)5-3-11)21-16-7-12-6-15(17)19-8-13(12)9-20-16/h6-9,11,14H,1-5,18H2,(H,20,21). The summed E-state index contributed by atoms with van der Waals surface area (Å²) in [5.74, 6) is 1.27. The number of allylic oxidation sites excluding steroid dienone is 1. The van der Waals surface area contributed by atoms with Crippen molar-refractivity contribution in [3.05, 3.63) is 42.0 Å². The molecule has 0 amide bonds. The van der Waals surface area contributed by atoms with Crippen molar-refractivity contribution in [2.24, 2.45) is 11.7 Å². The summed E-state index contributed by atoms with van der Waals surface area (Å²) in [4.78, 5) is 8.46. The summed E-state index contributed by atoms with van der Waals surface area (Å²) in [6, 6.07) is 4.16. The van der Waals surface area contributed by atoms with E-state index >= 15 is 0 Å². The third-order valence-corrected chi connectivity index (χ3v) is 4.33. The maximum Gasteiger partial charge on any atom is 0.130 e. The molecule has 1 aliphatic rings. The number of halogens is 1. The molecule has 5 heteroatoms. The second-order valence-electron chi connectivity index (χ2n) is 5.69. The summed E-state index contributed by atoms with van der Waals surface area (Å²) < 4.78 is 0. The Bertz CT molecular complexity index is 662. The highest BCUT2D eigenvalue weighted by Crippen LogP contribution is 2.29. The lowest BCUT2D eigenvalue weighted by Gasteiger charge is -2.28. The SMILES string of the molecule is C=C(Nc1cc2cc(Cl)ncc2cn1)C1CCC(N)CC1. The summed E-state index contributed by atoms with van der Waals surface area (Å²) in [6.45, 7) is 4.17. The number of hydrogen-bond donors (Lipinski definition) is 2. The molecular formula is C16H19ClN4. The molecule has 0 saturated heterocycles. The molecule has 2 aromatic rings. The average molecular weight is 303 g/mol. The van der Waals surface area contributed by atoms with Crippen molar-refractivity contribution in [3.63, 3.8) is 0 Å². The molecule has 0 unspecified atom stereocenters. The van der Waals surface area contributed by atoms with Crippen LogP contribution in [0.4, 0.5) is 5.82 Å². The van der Waals surface area contributed by atoms with Crippen molar-refractivity contribution in [1.29, 1.82) is 0 Å². The molecule has 0 spiro atoms. The number of rotatable bonds is 3. The zero-order valence-electron chi connectivity index (χ0n) is 11.8. The van der Waals surface area contributed by atoms with Gasteiger partial charge in [0.2, 0.25) is 0 Å². The van der Waals surface area contributed by atoms with Crippen LogP contribution in [0.2, 0.25) is 5.15 Å². The lowest BCUT2D eigenvalue weighted by Crippen LogP contribution is -2.28. The largest absolute Gasteiger partial charge is 0.344 e. The van der Waals surface area contributed by atoms with E-state index in [9.17, 15) is 0 Å². The van der Waals surface area contributed by atoms with E-state index in [1.165, 1.54) is 0 Å². The van der Waals surface area contributed by atoms with Gasteiger partial charge in [-0.2, -0.15) is 0 Å². The first-order valence-corrected chi connectivity index (χ1v) is 7.62. The molecule has 1 aliphatic carbocycles. The molecule has 4 nitrogen and oxygen atoms in total. The van der Waals surface area contributed by atoms with Crippen LogP contribution in [0.5, 0.6) is 0 Å². The molecular weight excluding hydrogens is 284 g/mol. The minimum absolute atomic E-state index is 0.350. The van der Waals surface area contributed by atoms with Crippen molar-refractivity contribution in [3.8, 4) is 0 Å². The predicted octanol–water partition coefficient (Wildman–Crippen LogP) is 3.73. The van der Waals surface area contributed by atoms with E-state index < -0.39 is 0 Å². The minimum atomic E-state index is 0.350. The van der Waals surface area contributed by atoms with E-state index in [2.05, 4.69) is 21.9 Å². The molecule has 1 fully saturated rings. The fraction of sp³-hybridized carbons (Fsp3) is 0.375. The van der Waals surface area contributed by atoms with E-state index in [1.807, 2.05) is 12.1 Å². The van der Waals surface area contributed by atoms with Crippen molar-refractivity contribution in [1.82, 2.24) is 9.97 Å². The van der Waals surface area contributed by atoms with Crippen LogP contribution in [0.25, 0.3) is 10.8 Å². The molecule has 0 radical (unpaired) electrons. The lowest BCUT2D eigenvalue weighted by atomic mass is 9.85. The summed E-state index contributed by atoms with van der Waals surface area (Å²) in [6.07, 6.45) is 7.85. The Hall–Kier alpha value is -1.65. The molecule has 1 saturated carbocycles. The first-order chi connectivity index (χ1) is 10.1. The highest BCUT2D eigenvalue weighted by molar-refractivity contribution is 6.30. The predicted molar refractivity (Wildman–Crippen MR) is 87.2 cm³/mol. The quantitative estimate of drug-likeness (QED) is 0.848. The Balaban J connectivity index is 1.73. The van der Waals surface area contributed by atoms with Crippen LogP contribution in [-0.2, 0) is 0 Å². The summed E-state index contributed by atoms with van der Waals surface area (Å²) >= 11 is 5.93. The molecule has 2 aromatic heterocycles. The lowest BCUT2D eigenvalue weighted by molar-refractivity contribution is 0.364. The molecule has 3 rings (SSSR count). The molecule has 3 N–H and O–H groups in total. The normalized spacial score (nSPS) is 22.2. The Labute approximate surface area is 129 Å². The fourth-order valence-corrected chi connectivity index (χ4v) is 2.98. The van der Waals surface area contributed by atoms with Gasteiger partial charge in [0, 0.05) is 29.5 Å². The van der Waals surface area contributed by atoms with Gasteiger partial charge in [0.25, 0.3) is 0 Å². The molecule has 0 aliphatic heterocycles. The maximum atomic E-state index is 5.95. The van der Waals surface area contributed by atoms with E-state index in [0.29, 0.717) is 17.1 Å². The number of aromatic nitrogens is 2. The smallest absolute Gasteiger partial charge is 0.130 e. The molecule has 21 heavy (non-hydrogen) atoms. The summed E-state index contributed by atoms with van der Waals surface area (Å²) in [5, 5.41) is 5.80. The zero-order valence-corrected chi connectivity index (χ0v) is 12.6. The maximum absolute atomic E-state index is 5.95. The van der Waals surface area contributed by atoms with E-state index in [-0.39, 0.29) is 0 Å². The minimum Gasteiger partial charge on any atom is -0.344 e. The van der Waals surface area contributed by atoms with Gasteiger partial charge in [0.05, 0.1) is 0 Å². The number of nitrogens with zero attached hydrogens (tertiary/aromatic N) is 2. The second-order valence-corrected chi connectivity index (χ2v) is 6.07. The van der Waals surface area contributed by atoms with Crippen molar-refractivity contribution < 1.29 is 0 Å². The van der Waals surface area contributed by atoms with Crippen LogP contribution in [0.15, 0.2) is 36.8 Å². The van der Waals surface area contributed by atoms with E-state index in [4.69, 9.17) is 17.3 Å². The van der Waals surface area contributed by atoms with Crippen LogP contribution in [0.3, 0.4) is 0 Å². The van der Waals surface area contributed by atoms with E-state index in [0.717, 1.165) is 48.0 Å². The number of nitrogens with one attached hydrogen (secondary N) is 1. The highest BCUT2D eigenvalue weighted by atomic mass is 35.5. The van der Waals surface area contributed by atoms with Crippen molar-refractivity contribution in [2.75, 3.05) is 5.32 Å². The van der Waals surface area contributed by atoms with Gasteiger partial charge in [-0.3, -0.25) is 0 Å². The van der Waals surface area contributed by atoms with Gasteiger partial charge in [0.15, 0.2) is 0 Å². The van der Waals surface area contributed by atoms with Crippen LogP contribution in [0.1, 0.15) is 25.7 Å². The molecule has 110 valence electrons. The third-order valence-electron chi connectivity index (χ3n) is 4.12. The van der Waals surface area contributed by atoms with E-state index in [1.54, 1.807) is 12.4 Å². The zero-order chi connectivity index (χ0) is 14.8. The fourth-order valence-electron chi connectivity index (χ4n) is 2.81. The molecule has 0 aromatic carbocycles. The highest BCUT2D eigenvalue weighted by Gasteiger charge is 2.21. The van der Waals surface area contributed by atoms with Crippen LogP contribution in [0, 0.1) is 5.92 Å². The number of pyridine rings is 2. The van der Waals surface area contributed by atoms with Crippen LogP contribution < -0.4 is 11.1 Å². The summed E-state index contributed by atoms with van der Waals surface area (Å²) in [5.41, 5.74) is 6.97. The Morgan fingerprint density at radius 1 is 1.14 bits per heavy atom. The Morgan fingerprint density at radius 3 is 2.62 bits per heavy atom. The topological polar surface area (TPSA) is 63.8 Å². The number of nitrogens with two attached hydrogens (primary N) is 1. The van der Waals surface area contributed by atoms with Gasteiger partial charge in [-0.1, -0.05) is 18.2 Å². The first kappa shape index (κ1) is 14.3. The number of fused-ring (bicyclic) bond motifs is 1. The third kappa shape index (κ3) is 3.34.